The summed E-state index contributed by atoms with van der Waals surface area (Å²) >= 11 is 0. The van der Waals surface area contributed by atoms with Gasteiger partial charge in [0.25, 0.3) is 0 Å². The van der Waals surface area contributed by atoms with Crippen LogP contribution in [-0.4, -0.2) is 48.8 Å². The summed E-state index contributed by atoms with van der Waals surface area (Å²) in [5.74, 6) is 0.190. The lowest BCUT2D eigenvalue weighted by Crippen LogP contribution is -2.40. The molecule has 1 rings (SSSR count). The SMILES string of the molecule is CN(C(=O)CCCCO)C1CCOCC1. The van der Waals surface area contributed by atoms with Gasteiger partial charge in [-0.3, -0.25) is 4.79 Å². The number of hydrogen-bond donors (Lipinski definition) is 1. The molecular weight excluding hydrogens is 194 g/mol. The molecule has 0 aromatic carbocycles. The summed E-state index contributed by atoms with van der Waals surface area (Å²) in [6.45, 7) is 1.70. The first kappa shape index (κ1) is 12.5. The van der Waals surface area contributed by atoms with E-state index in [-0.39, 0.29) is 12.5 Å². The van der Waals surface area contributed by atoms with Crippen molar-refractivity contribution in [2.24, 2.45) is 0 Å². The monoisotopic (exact) mass is 215 g/mol. The predicted octanol–water partition coefficient (Wildman–Crippen LogP) is 0.786. The number of carbonyl (C=O) groups excluding carboxylic acids is 1. The molecule has 0 atom stereocenters. The summed E-state index contributed by atoms with van der Waals surface area (Å²) in [5.41, 5.74) is 0. The Labute approximate surface area is 91.2 Å². The van der Waals surface area contributed by atoms with Gasteiger partial charge in [-0.1, -0.05) is 0 Å². The number of ether oxygens (including phenoxy) is 1. The van der Waals surface area contributed by atoms with E-state index >= 15 is 0 Å². The average Bonchev–Trinajstić information content (AvgIpc) is 2.29. The average molecular weight is 215 g/mol. The Bertz CT molecular complexity index is 190. The summed E-state index contributed by atoms with van der Waals surface area (Å²) in [7, 11) is 1.87. The normalized spacial score (nSPS) is 17.7. The lowest BCUT2D eigenvalue weighted by atomic mass is 10.1. The van der Waals surface area contributed by atoms with Crippen LogP contribution in [0.15, 0.2) is 0 Å². The highest BCUT2D eigenvalue weighted by Crippen LogP contribution is 2.14. The zero-order valence-corrected chi connectivity index (χ0v) is 9.45. The zero-order valence-electron chi connectivity index (χ0n) is 9.45. The molecule has 0 spiro atoms. The molecule has 0 aromatic rings. The quantitative estimate of drug-likeness (QED) is 0.690. The molecule has 1 amide bonds. The summed E-state index contributed by atoms with van der Waals surface area (Å²) in [6, 6.07) is 0.348. The van der Waals surface area contributed by atoms with Crippen molar-refractivity contribution in [1.29, 1.82) is 0 Å². The van der Waals surface area contributed by atoms with E-state index in [1.165, 1.54) is 0 Å². The highest BCUT2D eigenvalue weighted by atomic mass is 16.5. The largest absolute Gasteiger partial charge is 0.396 e. The van der Waals surface area contributed by atoms with Crippen LogP contribution in [0.4, 0.5) is 0 Å². The second-order valence-corrected chi connectivity index (χ2v) is 4.03. The van der Waals surface area contributed by atoms with Crippen LogP contribution in [0.3, 0.4) is 0 Å². The van der Waals surface area contributed by atoms with Crippen molar-refractivity contribution in [3.8, 4) is 0 Å². The van der Waals surface area contributed by atoms with Crippen molar-refractivity contribution in [2.45, 2.75) is 38.1 Å². The first-order valence-electron chi connectivity index (χ1n) is 5.70. The standard InChI is InChI=1S/C11H21NO3/c1-12(10-5-8-15-9-6-10)11(14)4-2-3-7-13/h10,13H,2-9H2,1H3. The molecule has 0 saturated carbocycles. The molecule has 0 unspecified atom stereocenters. The minimum atomic E-state index is 0.175. The van der Waals surface area contributed by atoms with Gasteiger partial charge >= 0.3 is 0 Å². The van der Waals surface area contributed by atoms with Gasteiger partial charge in [0.2, 0.25) is 5.91 Å². The Morgan fingerprint density at radius 1 is 1.40 bits per heavy atom. The third-order valence-corrected chi connectivity index (χ3v) is 2.93. The Balaban J connectivity index is 2.24. The number of carbonyl (C=O) groups is 1. The molecule has 1 heterocycles. The first-order chi connectivity index (χ1) is 7.25. The van der Waals surface area contributed by atoms with Crippen molar-refractivity contribution in [1.82, 2.24) is 4.90 Å². The predicted molar refractivity (Wildman–Crippen MR) is 57.5 cm³/mol. The van der Waals surface area contributed by atoms with E-state index in [1.807, 2.05) is 11.9 Å². The molecule has 0 radical (unpaired) electrons. The van der Waals surface area contributed by atoms with Gasteiger partial charge < -0.3 is 14.7 Å². The molecule has 1 fully saturated rings. The van der Waals surface area contributed by atoms with Crippen LogP contribution in [-0.2, 0) is 9.53 Å². The molecule has 0 aromatic heterocycles. The smallest absolute Gasteiger partial charge is 0.222 e. The fraction of sp³-hybridized carbons (Fsp3) is 0.909. The van der Waals surface area contributed by atoms with Gasteiger partial charge in [-0.05, 0) is 25.7 Å². The van der Waals surface area contributed by atoms with Crippen LogP contribution in [0.1, 0.15) is 32.1 Å². The number of aliphatic hydroxyl groups excluding tert-OH is 1. The van der Waals surface area contributed by atoms with Gasteiger partial charge in [-0.25, -0.2) is 0 Å². The maximum atomic E-state index is 11.7. The van der Waals surface area contributed by atoms with Crippen molar-refractivity contribution in [2.75, 3.05) is 26.9 Å². The van der Waals surface area contributed by atoms with Crippen LogP contribution < -0.4 is 0 Å². The van der Waals surface area contributed by atoms with Gasteiger partial charge in [0.05, 0.1) is 0 Å². The number of nitrogens with zero attached hydrogens (tertiary/aromatic N) is 1. The fourth-order valence-corrected chi connectivity index (χ4v) is 1.84. The molecule has 1 saturated heterocycles. The number of rotatable bonds is 5. The second-order valence-electron chi connectivity index (χ2n) is 4.03. The Morgan fingerprint density at radius 3 is 2.67 bits per heavy atom. The molecule has 15 heavy (non-hydrogen) atoms. The molecule has 0 bridgehead atoms. The topological polar surface area (TPSA) is 49.8 Å². The van der Waals surface area contributed by atoms with Crippen molar-refractivity contribution in [3.63, 3.8) is 0 Å². The van der Waals surface area contributed by atoms with Crippen molar-refractivity contribution in [3.05, 3.63) is 0 Å². The van der Waals surface area contributed by atoms with E-state index in [0.29, 0.717) is 18.9 Å². The maximum absolute atomic E-state index is 11.7. The minimum Gasteiger partial charge on any atom is -0.396 e. The second kappa shape index (κ2) is 6.80. The fourth-order valence-electron chi connectivity index (χ4n) is 1.84. The number of hydrogen-bond acceptors (Lipinski definition) is 3. The number of unbranched alkanes of at least 4 members (excludes halogenated alkanes) is 1. The lowest BCUT2D eigenvalue weighted by Gasteiger charge is -2.31. The van der Waals surface area contributed by atoms with Crippen molar-refractivity contribution < 1.29 is 14.6 Å². The first-order valence-corrected chi connectivity index (χ1v) is 5.70. The number of aliphatic hydroxyl groups is 1. The Morgan fingerprint density at radius 2 is 2.07 bits per heavy atom. The third-order valence-electron chi connectivity index (χ3n) is 2.93. The van der Waals surface area contributed by atoms with E-state index in [2.05, 4.69) is 0 Å². The zero-order chi connectivity index (χ0) is 11.1. The number of amides is 1. The van der Waals surface area contributed by atoms with E-state index in [4.69, 9.17) is 9.84 Å². The Kier molecular flexibility index (Phi) is 5.65. The molecule has 1 aliphatic rings. The highest BCUT2D eigenvalue weighted by molar-refractivity contribution is 5.76. The van der Waals surface area contributed by atoms with Crippen LogP contribution in [0, 0.1) is 0 Å². The summed E-state index contributed by atoms with van der Waals surface area (Å²) < 4.78 is 5.26. The van der Waals surface area contributed by atoms with Gasteiger partial charge in [0, 0.05) is 39.3 Å². The van der Waals surface area contributed by atoms with E-state index in [9.17, 15) is 4.79 Å². The molecule has 4 nitrogen and oxygen atoms in total. The molecular formula is C11H21NO3. The molecule has 1 aliphatic heterocycles. The maximum Gasteiger partial charge on any atom is 0.222 e. The van der Waals surface area contributed by atoms with Gasteiger partial charge in [-0.2, -0.15) is 0 Å². The summed E-state index contributed by atoms with van der Waals surface area (Å²) in [5, 5.41) is 8.63. The van der Waals surface area contributed by atoms with Crippen LogP contribution in [0.2, 0.25) is 0 Å². The molecule has 1 N–H and O–H groups in total. The molecule has 0 aliphatic carbocycles. The van der Waals surface area contributed by atoms with Crippen LogP contribution in [0.5, 0.6) is 0 Å². The summed E-state index contributed by atoms with van der Waals surface area (Å²) in [4.78, 5) is 13.6. The van der Waals surface area contributed by atoms with Gasteiger partial charge in [-0.15, -0.1) is 0 Å². The van der Waals surface area contributed by atoms with Crippen LogP contribution in [0.25, 0.3) is 0 Å². The van der Waals surface area contributed by atoms with Crippen LogP contribution >= 0.6 is 0 Å². The molecule has 4 heteroatoms. The minimum absolute atomic E-state index is 0.175. The van der Waals surface area contributed by atoms with Crippen molar-refractivity contribution >= 4 is 5.91 Å². The van der Waals surface area contributed by atoms with E-state index in [0.717, 1.165) is 32.5 Å². The van der Waals surface area contributed by atoms with Gasteiger partial charge in [0.15, 0.2) is 0 Å². The van der Waals surface area contributed by atoms with Gasteiger partial charge in [0.1, 0.15) is 0 Å². The van der Waals surface area contributed by atoms with E-state index in [1.54, 1.807) is 0 Å². The summed E-state index contributed by atoms with van der Waals surface area (Å²) in [6.07, 6.45) is 3.94. The molecule has 88 valence electrons. The highest BCUT2D eigenvalue weighted by Gasteiger charge is 2.21. The Hall–Kier alpha value is -0.610. The lowest BCUT2D eigenvalue weighted by molar-refractivity contribution is -0.133. The third kappa shape index (κ3) is 4.18. The van der Waals surface area contributed by atoms with E-state index < -0.39 is 0 Å².